The largest absolute Gasteiger partial charge is 0.447 e. The molecule has 1 spiro atoms. The van der Waals surface area contributed by atoms with E-state index in [4.69, 9.17) is 4.74 Å². The van der Waals surface area contributed by atoms with Crippen molar-refractivity contribution in [2.24, 2.45) is 11.3 Å². The summed E-state index contributed by atoms with van der Waals surface area (Å²) in [5.74, 6) is 0.417. The maximum absolute atomic E-state index is 12.5. The molecule has 7 heteroatoms. The third-order valence-electron chi connectivity index (χ3n) is 7.64. The van der Waals surface area contributed by atoms with Gasteiger partial charge in [-0.3, -0.25) is 4.79 Å². The Balaban J connectivity index is 1.18. The van der Waals surface area contributed by atoms with Crippen molar-refractivity contribution in [1.29, 1.82) is 0 Å². The average Bonchev–Trinajstić information content (AvgIpc) is 3.09. The number of likely N-dealkylation sites (tertiary alicyclic amines) is 2. The second kappa shape index (κ2) is 7.81. The minimum absolute atomic E-state index is 0.0499. The number of ether oxygens (including phenoxy) is 1. The Morgan fingerprint density at radius 2 is 1.86 bits per heavy atom. The molecule has 6 nitrogen and oxygen atoms in total. The first-order valence-electron chi connectivity index (χ1n) is 11.0. The molecule has 0 aromatic rings. The van der Waals surface area contributed by atoms with E-state index in [2.05, 4.69) is 17.1 Å². The van der Waals surface area contributed by atoms with Crippen LogP contribution in [0.3, 0.4) is 0 Å². The molecular formula is C21H34FN3O3. The fourth-order valence-corrected chi connectivity index (χ4v) is 5.60. The van der Waals surface area contributed by atoms with Crippen LogP contribution in [0.15, 0.2) is 0 Å². The van der Waals surface area contributed by atoms with Crippen molar-refractivity contribution in [3.8, 4) is 0 Å². The number of alkyl halides is 1. The van der Waals surface area contributed by atoms with Gasteiger partial charge < -0.3 is 19.9 Å². The van der Waals surface area contributed by atoms with Crippen molar-refractivity contribution < 1.29 is 18.7 Å². The van der Waals surface area contributed by atoms with Crippen LogP contribution in [0.4, 0.5) is 9.18 Å². The summed E-state index contributed by atoms with van der Waals surface area (Å²) < 4.78 is 17.1. The van der Waals surface area contributed by atoms with Gasteiger partial charge in [0.2, 0.25) is 5.91 Å². The molecule has 1 N–H and O–H groups in total. The highest BCUT2D eigenvalue weighted by Gasteiger charge is 2.51. The van der Waals surface area contributed by atoms with Crippen molar-refractivity contribution in [3.05, 3.63) is 0 Å². The summed E-state index contributed by atoms with van der Waals surface area (Å²) in [7, 11) is 0. The standard InChI is InChI=1S/C21H34FN3O3/c1-20(5-2-6-20)23-18(26)16-3-9-24(10-4-16)17-13-21(14-17)7-11-25(15-21)19(27)28-12-8-22/h16-17H,2-15H2,1H3,(H,23,26). The van der Waals surface area contributed by atoms with Crippen LogP contribution in [0.2, 0.25) is 0 Å². The Kier molecular flexibility index (Phi) is 5.55. The zero-order valence-corrected chi connectivity index (χ0v) is 17.1. The van der Waals surface area contributed by atoms with E-state index in [-0.39, 0.29) is 35.5 Å². The number of hydrogen-bond donors (Lipinski definition) is 1. The van der Waals surface area contributed by atoms with E-state index in [0.29, 0.717) is 6.04 Å². The van der Waals surface area contributed by atoms with Crippen molar-refractivity contribution in [3.63, 3.8) is 0 Å². The zero-order chi connectivity index (χ0) is 19.8. The molecule has 2 amide bonds. The Bertz CT molecular complexity index is 596. The second-order valence-electron chi connectivity index (χ2n) is 9.75. The minimum atomic E-state index is -0.625. The van der Waals surface area contributed by atoms with E-state index in [1.807, 2.05) is 0 Å². The molecule has 0 radical (unpaired) electrons. The van der Waals surface area contributed by atoms with Gasteiger partial charge in [0.1, 0.15) is 13.3 Å². The number of hydrogen-bond acceptors (Lipinski definition) is 4. The van der Waals surface area contributed by atoms with Crippen LogP contribution < -0.4 is 5.32 Å². The third-order valence-corrected chi connectivity index (χ3v) is 7.64. The monoisotopic (exact) mass is 395 g/mol. The van der Waals surface area contributed by atoms with Gasteiger partial charge in [0.25, 0.3) is 0 Å². The van der Waals surface area contributed by atoms with Gasteiger partial charge in [-0.25, -0.2) is 9.18 Å². The van der Waals surface area contributed by atoms with E-state index < -0.39 is 6.67 Å². The molecule has 158 valence electrons. The lowest BCUT2D eigenvalue weighted by Gasteiger charge is -2.51. The highest BCUT2D eigenvalue weighted by molar-refractivity contribution is 5.79. The Morgan fingerprint density at radius 1 is 1.14 bits per heavy atom. The summed E-state index contributed by atoms with van der Waals surface area (Å²) in [5, 5.41) is 3.27. The van der Waals surface area contributed by atoms with Crippen LogP contribution in [0.25, 0.3) is 0 Å². The number of nitrogens with zero attached hydrogens (tertiary/aromatic N) is 2. The highest BCUT2D eigenvalue weighted by Crippen LogP contribution is 2.50. The minimum Gasteiger partial charge on any atom is -0.447 e. The predicted octanol–water partition coefficient (Wildman–Crippen LogP) is 2.72. The van der Waals surface area contributed by atoms with Crippen molar-refractivity contribution in [2.75, 3.05) is 39.5 Å². The molecule has 4 fully saturated rings. The smallest absolute Gasteiger partial charge is 0.409 e. The molecule has 0 unspecified atom stereocenters. The number of amides is 2. The van der Waals surface area contributed by atoms with Crippen LogP contribution in [0.1, 0.15) is 58.3 Å². The quantitative estimate of drug-likeness (QED) is 0.778. The first-order valence-corrected chi connectivity index (χ1v) is 11.0. The third kappa shape index (κ3) is 4.00. The van der Waals surface area contributed by atoms with Crippen LogP contribution in [0.5, 0.6) is 0 Å². The van der Waals surface area contributed by atoms with Gasteiger partial charge in [-0.1, -0.05) is 0 Å². The number of piperidine rings is 1. The van der Waals surface area contributed by atoms with E-state index in [1.54, 1.807) is 4.90 Å². The summed E-state index contributed by atoms with van der Waals surface area (Å²) in [6.07, 6.45) is 8.24. The Morgan fingerprint density at radius 3 is 2.46 bits per heavy atom. The molecule has 2 aliphatic carbocycles. The van der Waals surface area contributed by atoms with Gasteiger partial charge in [-0.15, -0.1) is 0 Å². The SMILES string of the molecule is CC1(NC(=O)C2CCN(C3CC4(CCN(C(=O)OCCF)C4)C3)CC2)CCC1. The topological polar surface area (TPSA) is 61.9 Å². The Labute approximate surface area is 167 Å². The molecule has 2 heterocycles. The molecule has 0 bridgehead atoms. The highest BCUT2D eigenvalue weighted by atomic mass is 19.1. The number of halogens is 1. The molecule has 2 saturated heterocycles. The molecule has 4 rings (SSSR count). The summed E-state index contributed by atoms with van der Waals surface area (Å²) in [4.78, 5) is 28.8. The second-order valence-corrected chi connectivity index (χ2v) is 9.75. The normalized spacial score (nSPS) is 32.6. The fourth-order valence-electron chi connectivity index (χ4n) is 5.60. The van der Waals surface area contributed by atoms with Crippen LogP contribution in [0, 0.1) is 11.3 Å². The number of carbonyl (C=O) groups is 2. The lowest BCUT2D eigenvalue weighted by Crippen LogP contribution is -2.56. The van der Waals surface area contributed by atoms with Crippen LogP contribution in [-0.4, -0.2) is 72.8 Å². The fraction of sp³-hybridized carbons (Fsp3) is 0.905. The zero-order valence-electron chi connectivity index (χ0n) is 17.1. The van der Waals surface area contributed by atoms with Gasteiger partial charge in [-0.2, -0.15) is 0 Å². The lowest BCUT2D eigenvalue weighted by atomic mass is 9.64. The summed E-state index contributed by atoms with van der Waals surface area (Å²) in [6, 6.07) is 0.579. The maximum atomic E-state index is 12.5. The van der Waals surface area contributed by atoms with Gasteiger partial charge in [0.05, 0.1) is 0 Å². The van der Waals surface area contributed by atoms with Crippen LogP contribution in [-0.2, 0) is 9.53 Å². The lowest BCUT2D eigenvalue weighted by molar-refractivity contribution is -0.130. The molecule has 0 atom stereocenters. The molecule has 2 aliphatic heterocycles. The molecule has 0 aromatic carbocycles. The van der Waals surface area contributed by atoms with Gasteiger partial charge in [0, 0.05) is 30.6 Å². The predicted molar refractivity (Wildman–Crippen MR) is 104 cm³/mol. The van der Waals surface area contributed by atoms with Crippen molar-refractivity contribution in [1.82, 2.24) is 15.1 Å². The van der Waals surface area contributed by atoms with Crippen molar-refractivity contribution >= 4 is 12.0 Å². The average molecular weight is 396 g/mol. The van der Waals surface area contributed by atoms with Gasteiger partial charge >= 0.3 is 6.09 Å². The van der Waals surface area contributed by atoms with Crippen LogP contribution >= 0.6 is 0 Å². The van der Waals surface area contributed by atoms with Gasteiger partial charge in [0.15, 0.2) is 0 Å². The van der Waals surface area contributed by atoms with E-state index in [9.17, 15) is 14.0 Å². The van der Waals surface area contributed by atoms with Crippen molar-refractivity contribution in [2.45, 2.75) is 69.9 Å². The summed E-state index contributed by atoms with van der Waals surface area (Å²) >= 11 is 0. The first kappa shape index (κ1) is 19.9. The molecule has 0 aromatic heterocycles. The van der Waals surface area contributed by atoms with E-state index >= 15 is 0 Å². The number of nitrogens with one attached hydrogen (secondary N) is 1. The first-order chi connectivity index (χ1) is 13.4. The molecule has 2 saturated carbocycles. The van der Waals surface area contributed by atoms with E-state index in [1.165, 1.54) is 6.42 Å². The Hall–Kier alpha value is -1.37. The maximum Gasteiger partial charge on any atom is 0.409 e. The molecule has 28 heavy (non-hydrogen) atoms. The van der Waals surface area contributed by atoms with E-state index in [0.717, 1.165) is 71.1 Å². The molecular weight excluding hydrogens is 361 g/mol. The molecule has 4 aliphatic rings. The summed E-state index contributed by atoms with van der Waals surface area (Å²) in [5.41, 5.74) is 0.278. The number of carbonyl (C=O) groups excluding carboxylic acids is 2. The van der Waals surface area contributed by atoms with Gasteiger partial charge in [-0.05, 0) is 76.8 Å². The summed E-state index contributed by atoms with van der Waals surface area (Å²) in [6.45, 7) is 4.85. The number of rotatable bonds is 5.